The molecular weight excluding hydrogens is 396 g/mol. The molecule has 7 nitrogen and oxygen atoms in total. The normalized spacial score (nSPS) is 18.3. The van der Waals surface area contributed by atoms with Gasteiger partial charge in [-0.3, -0.25) is 19.6 Å². The molecule has 0 N–H and O–H groups in total. The molecule has 3 rings (SSSR count). The molecule has 0 bridgehead atoms. The SMILES string of the molecule is CCC(C(=O)OOOC(C)=O)N1CCN(Cc2ccccc2)C[C@H]1Cc1ccccc1. The van der Waals surface area contributed by atoms with E-state index in [9.17, 15) is 9.59 Å². The van der Waals surface area contributed by atoms with E-state index in [1.165, 1.54) is 18.1 Å². The van der Waals surface area contributed by atoms with Gasteiger partial charge in [0.1, 0.15) is 6.04 Å². The Hall–Kier alpha value is -2.74. The zero-order chi connectivity index (χ0) is 22.1. The molecule has 0 aromatic heterocycles. The average Bonchev–Trinajstić information content (AvgIpc) is 2.77. The van der Waals surface area contributed by atoms with E-state index < -0.39 is 18.0 Å². The van der Waals surface area contributed by atoms with Crippen LogP contribution in [0.2, 0.25) is 0 Å². The van der Waals surface area contributed by atoms with Crippen molar-refractivity contribution in [3.63, 3.8) is 0 Å². The number of hydrogen-bond donors (Lipinski definition) is 0. The van der Waals surface area contributed by atoms with Crippen molar-refractivity contribution < 1.29 is 24.4 Å². The fourth-order valence-electron chi connectivity index (χ4n) is 4.09. The first-order valence-corrected chi connectivity index (χ1v) is 10.7. The molecule has 0 saturated carbocycles. The van der Waals surface area contributed by atoms with Gasteiger partial charge >= 0.3 is 11.9 Å². The Morgan fingerprint density at radius 2 is 1.61 bits per heavy atom. The number of hydrogen-bond acceptors (Lipinski definition) is 7. The molecule has 1 aliphatic rings. The molecule has 1 heterocycles. The molecule has 1 saturated heterocycles. The van der Waals surface area contributed by atoms with E-state index in [1.54, 1.807) is 0 Å². The number of carbonyl (C=O) groups excluding carboxylic acids is 2. The predicted octanol–water partition coefficient (Wildman–Crippen LogP) is 3.15. The summed E-state index contributed by atoms with van der Waals surface area (Å²) in [5.41, 5.74) is 2.49. The first-order valence-electron chi connectivity index (χ1n) is 10.7. The highest BCUT2D eigenvalue weighted by atomic mass is 17.5. The summed E-state index contributed by atoms with van der Waals surface area (Å²) in [5, 5.41) is 4.35. The fraction of sp³-hybridized carbons (Fsp3) is 0.417. The quantitative estimate of drug-likeness (QED) is 0.451. The highest BCUT2D eigenvalue weighted by Crippen LogP contribution is 2.22. The van der Waals surface area contributed by atoms with Crippen LogP contribution < -0.4 is 0 Å². The van der Waals surface area contributed by atoms with Crippen LogP contribution in [0, 0.1) is 0 Å². The maximum Gasteiger partial charge on any atom is 0.363 e. The minimum atomic E-state index is -0.683. The Kier molecular flexibility index (Phi) is 8.58. The van der Waals surface area contributed by atoms with Crippen molar-refractivity contribution in [2.75, 3.05) is 19.6 Å². The molecule has 0 amide bonds. The van der Waals surface area contributed by atoms with Crippen LogP contribution in [-0.2, 0) is 37.4 Å². The molecule has 7 heteroatoms. The maximum atomic E-state index is 12.6. The van der Waals surface area contributed by atoms with Crippen LogP contribution in [0.3, 0.4) is 0 Å². The molecule has 31 heavy (non-hydrogen) atoms. The molecule has 2 aromatic carbocycles. The number of carbonyl (C=O) groups is 2. The summed E-state index contributed by atoms with van der Waals surface area (Å²) in [6, 6.07) is 20.3. The summed E-state index contributed by atoms with van der Waals surface area (Å²) in [6.45, 7) is 6.39. The minimum absolute atomic E-state index is 0.131. The minimum Gasteiger partial charge on any atom is -0.296 e. The highest BCUT2D eigenvalue weighted by molar-refractivity contribution is 5.75. The third-order valence-corrected chi connectivity index (χ3v) is 5.50. The summed E-state index contributed by atoms with van der Waals surface area (Å²) < 4.78 is 0. The van der Waals surface area contributed by atoms with Crippen LogP contribution in [0.1, 0.15) is 31.4 Å². The lowest BCUT2D eigenvalue weighted by Gasteiger charge is -2.44. The third-order valence-electron chi connectivity index (χ3n) is 5.50. The van der Waals surface area contributed by atoms with E-state index in [-0.39, 0.29) is 6.04 Å². The van der Waals surface area contributed by atoms with Gasteiger partial charge < -0.3 is 0 Å². The topological polar surface area (TPSA) is 68.3 Å². The highest BCUT2D eigenvalue weighted by Gasteiger charge is 2.36. The lowest BCUT2D eigenvalue weighted by atomic mass is 9.98. The van der Waals surface area contributed by atoms with Gasteiger partial charge in [0.25, 0.3) is 0 Å². The molecule has 1 unspecified atom stereocenters. The average molecular weight is 427 g/mol. The number of rotatable bonds is 9. The Bertz CT molecular complexity index is 830. The van der Waals surface area contributed by atoms with Crippen molar-refractivity contribution in [3.05, 3.63) is 71.8 Å². The zero-order valence-electron chi connectivity index (χ0n) is 18.1. The van der Waals surface area contributed by atoms with Crippen molar-refractivity contribution in [3.8, 4) is 0 Å². The maximum absolute atomic E-state index is 12.6. The van der Waals surface area contributed by atoms with Gasteiger partial charge in [-0.15, -0.1) is 0 Å². The molecule has 0 aliphatic carbocycles. The summed E-state index contributed by atoms with van der Waals surface area (Å²) in [4.78, 5) is 37.1. The first-order chi connectivity index (χ1) is 15.1. The Morgan fingerprint density at radius 1 is 0.968 bits per heavy atom. The third kappa shape index (κ3) is 6.89. The Balaban J connectivity index is 1.71. The van der Waals surface area contributed by atoms with Crippen LogP contribution in [0.15, 0.2) is 60.7 Å². The van der Waals surface area contributed by atoms with Crippen molar-refractivity contribution in [1.82, 2.24) is 9.80 Å². The predicted molar refractivity (Wildman–Crippen MR) is 115 cm³/mol. The van der Waals surface area contributed by atoms with Gasteiger partial charge in [0.05, 0.1) is 0 Å². The van der Waals surface area contributed by atoms with Crippen LogP contribution in [0.25, 0.3) is 0 Å². The largest absolute Gasteiger partial charge is 0.363 e. The van der Waals surface area contributed by atoms with E-state index >= 15 is 0 Å². The molecule has 1 fully saturated rings. The van der Waals surface area contributed by atoms with Crippen LogP contribution in [0.4, 0.5) is 0 Å². The summed E-state index contributed by atoms with van der Waals surface area (Å²) in [5.74, 6) is -1.24. The van der Waals surface area contributed by atoms with Crippen molar-refractivity contribution in [2.24, 2.45) is 0 Å². The smallest absolute Gasteiger partial charge is 0.296 e. The van der Waals surface area contributed by atoms with Crippen molar-refractivity contribution >= 4 is 11.9 Å². The second kappa shape index (κ2) is 11.6. The number of nitrogens with zero attached hydrogens (tertiary/aromatic N) is 2. The molecular formula is C24H30N2O5. The number of piperazine rings is 1. The van der Waals surface area contributed by atoms with Crippen LogP contribution >= 0.6 is 0 Å². The van der Waals surface area contributed by atoms with E-state index in [2.05, 4.69) is 56.1 Å². The number of benzene rings is 2. The second-order valence-corrected chi connectivity index (χ2v) is 7.77. The van der Waals surface area contributed by atoms with Gasteiger partial charge in [-0.05, 0) is 24.0 Å². The van der Waals surface area contributed by atoms with E-state index in [0.717, 1.165) is 32.6 Å². The fourth-order valence-corrected chi connectivity index (χ4v) is 4.09. The van der Waals surface area contributed by atoms with Crippen LogP contribution in [-0.4, -0.2) is 53.5 Å². The van der Waals surface area contributed by atoms with Gasteiger partial charge in [-0.1, -0.05) is 67.6 Å². The van der Waals surface area contributed by atoms with Crippen LogP contribution in [0.5, 0.6) is 0 Å². The van der Waals surface area contributed by atoms with E-state index in [1.807, 2.05) is 31.2 Å². The van der Waals surface area contributed by atoms with Gasteiger partial charge in [0.2, 0.25) is 0 Å². The second-order valence-electron chi connectivity index (χ2n) is 7.77. The Labute approximate surface area is 183 Å². The standard InChI is InChI=1S/C24H30N2O5/c1-3-23(24(28)30-31-29-19(2)27)26-15-14-25(17-21-12-8-5-9-13-21)18-22(26)16-20-10-6-4-7-11-20/h4-13,22-23H,3,14-18H2,1-2H3/t22-,23?/m1/s1. The van der Waals surface area contributed by atoms with Gasteiger partial charge in [0, 0.05) is 44.2 Å². The van der Waals surface area contributed by atoms with Gasteiger partial charge in [-0.25, -0.2) is 9.59 Å². The van der Waals surface area contributed by atoms with Crippen molar-refractivity contribution in [2.45, 2.75) is 45.3 Å². The molecule has 0 spiro atoms. The monoisotopic (exact) mass is 426 g/mol. The molecule has 2 atom stereocenters. The lowest BCUT2D eigenvalue weighted by Crippen LogP contribution is -2.59. The molecule has 1 aliphatic heterocycles. The summed E-state index contributed by atoms with van der Waals surface area (Å²) in [7, 11) is 0. The molecule has 2 aromatic rings. The van der Waals surface area contributed by atoms with E-state index in [0.29, 0.717) is 6.42 Å². The lowest BCUT2D eigenvalue weighted by molar-refractivity contribution is -0.460. The van der Waals surface area contributed by atoms with E-state index in [4.69, 9.17) is 4.89 Å². The molecule has 166 valence electrons. The van der Waals surface area contributed by atoms with Crippen molar-refractivity contribution in [1.29, 1.82) is 0 Å². The van der Waals surface area contributed by atoms with Gasteiger partial charge in [0.15, 0.2) is 0 Å². The van der Waals surface area contributed by atoms with Gasteiger partial charge in [-0.2, -0.15) is 0 Å². The zero-order valence-corrected chi connectivity index (χ0v) is 18.1. The first kappa shape index (κ1) is 22.9. The molecule has 0 radical (unpaired) electrons. The Morgan fingerprint density at radius 3 is 2.23 bits per heavy atom. The summed E-state index contributed by atoms with van der Waals surface area (Å²) >= 11 is 0. The summed E-state index contributed by atoms with van der Waals surface area (Å²) in [6.07, 6.45) is 1.38.